The van der Waals surface area contributed by atoms with Crippen molar-refractivity contribution in [3.63, 3.8) is 0 Å². The van der Waals surface area contributed by atoms with Gasteiger partial charge in [0.1, 0.15) is 18.0 Å². The van der Waals surface area contributed by atoms with E-state index in [4.69, 9.17) is 5.26 Å². The molecule has 0 amide bonds. The van der Waals surface area contributed by atoms with Crippen LogP contribution in [0.25, 0.3) is 0 Å². The summed E-state index contributed by atoms with van der Waals surface area (Å²) in [6, 6.07) is 7.99. The summed E-state index contributed by atoms with van der Waals surface area (Å²) in [5.41, 5.74) is 3.48. The Balaban J connectivity index is 2.35. The molecule has 0 aliphatic rings. The number of hydrogen-bond donors (Lipinski definition) is 1. The quantitative estimate of drug-likeness (QED) is 0.673. The van der Waals surface area contributed by atoms with Crippen LogP contribution >= 0.6 is 0 Å². The Kier molecular flexibility index (Phi) is 3.62. The maximum absolute atomic E-state index is 8.61. The van der Waals surface area contributed by atoms with Crippen molar-refractivity contribution in [2.24, 2.45) is 0 Å². The lowest BCUT2D eigenvalue weighted by Crippen LogP contribution is -2.13. The van der Waals surface area contributed by atoms with Crippen molar-refractivity contribution in [3.05, 3.63) is 41.7 Å². The molecular formula is C14H15N5. The van der Waals surface area contributed by atoms with Gasteiger partial charge in [-0.25, -0.2) is 9.97 Å². The lowest BCUT2D eigenvalue weighted by Gasteiger charge is -2.20. The molecule has 19 heavy (non-hydrogen) atoms. The molecule has 1 heterocycles. The third-order valence-electron chi connectivity index (χ3n) is 2.89. The van der Waals surface area contributed by atoms with Gasteiger partial charge in [0, 0.05) is 18.8 Å². The van der Waals surface area contributed by atoms with Crippen molar-refractivity contribution >= 4 is 17.3 Å². The highest BCUT2D eigenvalue weighted by molar-refractivity contribution is 5.65. The summed E-state index contributed by atoms with van der Waals surface area (Å²) >= 11 is 0. The van der Waals surface area contributed by atoms with Gasteiger partial charge in [-0.2, -0.15) is 5.26 Å². The molecule has 0 unspecified atom stereocenters. The molecule has 2 rings (SSSR count). The summed E-state index contributed by atoms with van der Waals surface area (Å²) in [7, 11) is 1.94. The molecule has 0 fully saturated rings. The van der Waals surface area contributed by atoms with Crippen LogP contribution in [0.2, 0.25) is 0 Å². The lowest BCUT2D eigenvalue weighted by atomic mass is 10.1. The number of aromatic nitrogens is 2. The van der Waals surface area contributed by atoms with E-state index >= 15 is 0 Å². The Morgan fingerprint density at radius 3 is 2.68 bits per heavy atom. The van der Waals surface area contributed by atoms with E-state index in [0.29, 0.717) is 5.82 Å². The summed E-state index contributed by atoms with van der Waals surface area (Å²) in [5, 5.41) is 11.1. The molecule has 0 saturated carbocycles. The van der Waals surface area contributed by atoms with Crippen LogP contribution in [-0.2, 0) is 0 Å². The highest BCUT2D eigenvalue weighted by Crippen LogP contribution is 2.26. The Labute approximate surface area is 112 Å². The number of nitrogens with one attached hydrogen (secondary N) is 1. The lowest BCUT2D eigenvalue weighted by molar-refractivity contribution is 1.07. The molecular weight excluding hydrogens is 238 g/mol. The van der Waals surface area contributed by atoms with Crippen molar-refractivity contribution in [3.8, 4) is 6.19 Å². The van der Waals surface area contributed by atoms with Crippen LogP contribution in [0, 0.1) is 25.3 Å². The van der Waals surface area contributed by atoms with E-state index in [1.807, 2.05) is 18.1 Å². The van der Waals surface area contributed by atoms with Crippen molar-refractivity contribution in [2.75, 3.05) is 17.3 Å². The van der Waals surface area contributed by atoms with E-state index in [9.17, 15) is 0 Å². The summed E-state index contributed by atoms with van der Waals surface area (Å²) in [6.45, 7) is 4.13. The molecule has 0 radical (unpaired) electrons. The SMILES string of the molecule is Cc1ccc(N(C)c2cc(NC#N)ncn2)c(C)c1. The largest absolute Gasteiger partial charge is 0.329 e. The Morgan fingerprint density at radius 1 is 1.21 bits per heavy atom. The zero-order valence-electron chi connectivity index (χ0n) is 11.2. The average Bonchev–Trinajstić information content (AvgIpc) is 2.39. The predicted octanol–water partition coefficient (Wildman–Crippen LogP) is 2.75. The molecule has 1 aromatic carbocycles. The highest BCUT2D eigenvalue weighted by Gasteiger charge is 2.09. The molecule has 1 N–H and O–H groups in total. The summed E-state index contributed by atoms with van der Waals surface area (Å²) < 4.78 is 0. The second kappa shape index (κ2) is 5.36. The van der Waals surface area contributed by atoms with Crippen molar-refractivity contribution in [1.29, 1.82) is 5.26 Å². The minimum atomic E-state index is 0.490. The molecule has 0 aliphatic carbocycles. The Morgan fingerprint density at radius 2 is 2.00 bits per heavy atom. The van der Waals surface area contributed by atoms with Crippen LogP contribution in [-0.4, -0.2) is 17.0 Å². The molecule has 2 aromatic rings. The van der Waals surface area contributed by atoms with E-state index < -0.39 is 0 Å². The zero-order valence-corrected chi connectivity index (χ0v) is 11.2. The van der Waals surface area contributed by atoms with E-state index in [-0.39, 0.29) is 0 Å². The first kappa shape index (κ1) is 12.8. The fourth-order valence-corrected chi connectivity index (χ4v) is 1.96. The molecule has 0 atom stereocenters. The van der Waals surface area contributed by atoms with E-state index in [0.717, 1.165) is 11.5 Å². The highest BCUT2D eigenvalue weighted by atomic mass is 15.2. The number of anilines is 3. The number of hydrogen-bond acceptors (Lipinski definition) is 5. The van der Waals surface area contributed by atoms with Crippen LogP contribution in [0.3, 0.4) is 0 Å². The van der Waals surface area contributed by atoms with Gasteiger partial charge < -0.3 is 4.90 Å². The molecule has 0 aliphatic heterocycles. The van der Waals surface area contributed by atoms with Crippen LogP contribution < -0.4 is 10.2 Å². The van der Waals surface area contributed by atoms with Crippen LogP contribution in [0.4, 0.5) is 17.3 Å². The molecule has 0 spiro atoms. The van der Waals surface area contributed by atoms with Crippen LogP contribution in [0.1, 0.15) is 11.1 Å². The van der Waals surface area contributed by atoms with E-state index in [1.54, 1.807) is 6.07 Å². The average molecular weight is 253 g/mol. The molecule has 96 valence electrons. The number of benzene rings is 1. The van der Waals surface area contributed by atoms with Crippen LogP contribution in [0.5, 0.6) is 0 Å². The maximum atomic E-state index is 8.61. The van der Waals surface area contributed by atoms with E-state index in [1.165, 1.54) is 17.5 Å². The van der Waals surface area contributed by atoms with Gasteiger partial charge in [0.25, 0.3) is 0 Å². The first-order valence-electron chi connectivity index (χ1n) is 5.90. The fourth-order valence-electron chi connectivity index (χ4n) is 1.96. The van der Waals surface area contributed by atoms with Gasteiger partial charge in [0.2, 0.25) is 0 Å². The molecule has 0 saturated heterocycles. The van der Waals surface area contributed by atoms with Crippen molar-refractivity contribution in [2.45, 2.75) is 13.8 Å². The second-order valence-electron chi connectivity index (χ2n) is 4.35. The normalized spacial score (nSPS) is 9.79. The number of rotatable bonds is 3. The Hall–Kier alpha value is -2.61. The topological polar surface area (TPSA) is 64.8 Å². The van der Waals surface area contributed by atoms with Crippen molar-refractivity contribution < 1.29 is 0 Å². The number of nitrogens with zero attached hydrogens (tertiary/aromatic N) is 4. The molecule has 5 nitrogen and oxygen atoms in total. The first-order valence-corrected chi connectivity index (χ1v) is 5.90. The van der Waals surface area contributed by atoms with Crippen LogP contribution in [0.15, 0.2) is 30.6 Å². The smallest absolute Gasteiger partial charge is 0.182 e. The van der Waals surface area contributed by atoms with Gasteiger partial charge in [-0.15, -0.1) is 0 Å². The third kappa shape index (κ3) is 2.80. The third-order valence-corrected chi connectivity index (χ3v) is 2.89. The number of aryl methyl sites for hydroxylation is 2. The van der Waals surface area contributed by atoms with Gasteiger partial charge in [-0.05, 0) is 25.5 Å². The predicted molar refractivity (Wildman–Crippen MR) is 75.2 cm³/mol. The van der Waals surface area contributed by atoms with Crippen molar-refractivity contribution in [1.82, 2.24) is 9.97 Å². The van der Waals surface area contributed by atoms with Gasteiger partial charge in [0.15, 0.2) is 6.19 Å². The molecule has 1 aromatic heterocycles. The second-order valence-corrected chi connectivity index (χ2v) is 4.35. The number of nitriles is 1. The molecule has 0 bridgehead atoms. The summed E-state index contributed by atoms with van der Waals surface area (Å²) in [6.07, 6.45) is 3.29. The Bertz CT molecular complexity index is 630. The fraction of sp³-hybridized carbons (Fsp3) is 0.214. The minimum absolute atomic E-state index is 0.490. The minimum Gasteiger partial charge on any atom is -0.329 e. The first-order chi connectivity index (χ1) is 9.11. The van der Waals surface area contributed by atoms with E-state index in [2.05, 4.69) is 47.3 Å². The van der Waals surface area contributed by atoms with Gasteiger partial charge in [0.05, 0.1) is 0 Å². The zero-order chi connectivity index (χ0) is 13.8. The van der Waals surface area contributed by atoms with Gasteiger partial charge in [-0.1, -0.05) is 17.7 Å². The standard InChI is InChI=1S/C14H15N5/c1-10-4-5-12(11(2)6-10)19(3)14-7-13(16-8-15)17-9-18-14/h4-7,9H,1-3H3,(H,16,17,18). The monoisotopic (exact) mass is 253 g/mol. The summed E-state index contributed by atoms with van der Waals surface area (Å²) in [5.74, 6) is 1.23. The maximum Gasteiger partial charge on any atom is 0.182 e. The molecule has 5 heteroatoms. The van der Waals surface area contributed by atoms with Gasteiger partial charge >= 0.3 is 0 Å². The summed E-state index contributed by atoms with van der Waals surface area (Å²) in [4.78, 5) is 10.2. The van der Waals surface area contributed by atoms with Gasteiger partial charge in [-0.3, -0.25) is 5.32 Å².